The maximum absolute atomic E-state index is 9.49. The minimum atomic E-state index is 0.165. The Bertz CT molecular complexity index is 530. The molecule has 0 heterocycles. The van der Waals surface area contributed by atoms with E-state index in [9.17, 15) is 5.11 Å². The molecule has 0 amide bonds. The van der Waals surface area contributed by atoms with Crippen LogP contribution in [-0.4, -0.2) is 12.2 Å². The van der Waals surface area contributed by atoms with E-state index in [1.54, 1.807) is 13.2 Å². The van der Waals surface area contributed by atoms with Gasteiger partial charge in [0.2, 0.25) is 0 Å². The number of hydrogen-bond donors (Lipinski definition) is 1. The van der Waals surface area contributed by atoms with Crippen molar-refractivity contribution < 1.29 is 9.84 Å². The van der Waals surface area contributed by atoms with Gasteiger partial charge in [0, 0.05) is 0 Å². The highest BCUT2D eigenvalue weighted by molar-refractivity contribution is 5.55. The Hall–Kier alpha value is -2.22. The van der Waals surface area contributed by atoms with Crippen LogP contribution < -0.4 is 4.74 Å². The van der Waals surface area contributed by atoms with E-state index in [-0.39, 0.29) is 5.75 Å². The van der Waals surface area contributed by atoms with Crippen molar-refractivity contribution in [3.63, 3.8) is 0 Å². The van der Waals surface area contributed by atoms with E-state index < -0.39 is 0 Å². The Morgan fingerprint density at radius 1 is 1.11 bits per heavy atom. The average Bonchev–Trinajstić information content (AvgIpc) is 2.42. The number of allylic oxidation sites excluding steroid dienone is 1. The Morgan fingerprint density at radius 2 is 1.89 bits per heavy atom. The quantitative estimate of drug-likeness (QED) is 0.883. The normalized spacial score (nSPS) is 10.7. The predicted octanol–water partition coefficient (Wildman–Crippen LogP) is 3.66. The molecule has 2 aromatic carbocycles. The number of aromatic hydroxyl groups is 1. The molecule has 0 aliphatic carbocycles. The first-order chi connectivity index (χ1) is 8.79. The molecule has 2 aromatic rings. The van der Waals surface area contributed by atoms with Crippen LogP contribution in [0.25, 0.3) is 6.08 Å². The standard InChI is InChI=1S/C16H16O2/c1-18-16-12-14(10-11-15(16)17)9-5-8-13-6-3-2-4-7-13/h2-7,9-12,17H,8H2,1H3/b9-5+. The molecule has 0 aliphatic heterocycles. The molecule has 18 heavy (non-hydrogen) atoms. The highest BCUT2D eigenvalue weighted by Gasteiger charge is 1.99. The molecule has 0 bridgehead atoms. The van der Waals surface area contributed by atoms with Crippen LogP contribution in [0.4, 0.5) is 0 Å². The van der Waals surface area contributed by atoms with Gasteiger partial charge in [0.25, 0.3) is 0 Å². The molecule has 0 unspecified atom stereocenters. The van der Waals surface area contributed by atoms with E-state index in [1.807, 2.05) is 36.4 Å². The van der Waals surface area contributed by atoms with Crippen LogP contribution in [0.2, 0.25) is 0 Å². The van der Waals surface area contributed by atoms with Gasteiger partial charge in [-0.1, -0.05) is 48.6 Å². The highest BCUT2D eigenvalue weighted by Crippen LogP contribution is 2.26. The average molecular weight is 240 g/mol. The number of phenols is 1. The summed E-state index contributed by atoms with van der Waals surface area (Å²) in [5.41, 5.74) is 2.29. The number of benzene rings is 2. The maximum Gasteiger partial charge on any atom is 0.161 e. The first kappa shape index (κ1) is 12.2. The summed E-state index contributed by atoms with van der Waals surface area (Å²) in [6.45, 7) is 0. The lowest BCUT2D eigenvalue weighted by Gasteiger charge is -2.03. The van der Waals surface area contributed by atoms with Crippen molar-refractivity contribution in [1.82, 2.24) is 0 Å². The first-order valence-corrected chi connectivity index (χ1v) is 5.87. The van der Waals surface area contributed by atoms with E-state index in [0.29, 0.717) is 5.75 Å². The van der Waals surface area contributed by atoms with Crippen molar-refractivity contribution in [3.05, 3.63) is 65.7 Å². The van der Waals surface area contributed by atoms with Gasteiger partial charge in [-0.3, -0.25) is 0 Å². The van der Waals surface area contributed by atoms with Gasteiger partial charge in [0.15, 0.2) is 11.5 Å². The third kappa shape index (κ3) is 3.14. The van der Waals surface area contributed by atoms with E-state index in [0.717, 1.165) is 12.0 Å². The Morgan fingerprint density at radius 3 is 2.61 bits per heavy atom. The van der Waals surface area contributed by atoms with Crippen LogP contribution in [0.15, 0.2) is 54.6 Å². The molecule has 0 radical (unpaired) electrons. The number of phenolic OH excluding ortho intramolecular Hbond substituents is 1. The molecule has 2 rings (SSSR count). The molecule has 0 aromatic heterocycles. The molecule has 2 heteroatoms. The molecule has 0 saturated heterocycles. The summed E-state index contributed by atoms with van der Waals surface area (Å²) in [7, 11) is 1.55. The van der Waals surface area contributed by atoms with Gasteiger partial charge in [0.1, 0.15) is 0 Å². The summed E-state index contributed by atoms with van der Waals surface area (Å²) >= 11 is 0. The molecule has 1 N–H and O–H groups in total. The van der Waals surface area contributed by atoms with Crippen LogP contribution in [0.5, 0.6) is 11.5 Å². The van der Waals surface area contributed by atoms with Gasteiger partial charge in [-0.15, -0.1) is 0 Å². The lowest BCUT2D eigenvalue weighted by molar-refractivity contribution is 0.373. The summed E-state index contributed by atoms with van der Waals surface area (Å²) in [4.78, 5) is 0. The smallest absolute Gasteiger partial charge is 0.161 e. The number of hydrogen-bond acceptors (Lipinski definition) is 2. The van der Waals surface area contributed by atoms with Crippen molar-refractivity contribution in [2.45, 2.75) is 6.42 Å². The Labute approximate surface area is 107 Å². The second-order valence-corrected chi connectivity index (χ2v) is 4.02. The van der Waals surface area contributed by atoms with Crippen LogP contribution in [0.1, 0.15) is 11.1 Å². The summed E-state index contributed by atoms with van der Waals surface area (Å²) < 4.78 is 5.07. The largest absolute Gasteiger partial charge is 0.504 e. The second-order valence-electron chi connectivity index (χ2n) is 4.02. The monoisotopic (exact) mass is 240 g/mol. The molecule has 0 aliphatic rings. The van der Waals surface area contributed by atoms with Crippen LogP contribution in [-0.2, 0) is 6.42 Å². The predicted molar refractivity (Wildman–Crippen MR) is 73.8 cm³/mol. The molecular weight excluding hydrogens is 224 g/mol. The zero-order valence-corrected chi connectivity index (χ0v) is 10.3. The van der Waals surface area contributed by atoms with Crippen LogP contribution in [0.3, 0.4) is 0 Å². The zero-order valence-electron chi connectivity index (χ0n) is 10.3. The van der Waals surface area contributed by atoms with Gasteiger partial charge in [0.05, 0.1) is 7.11 Å². The van der Waals surface area contributed by atoms with Gasteiger partial charge in [-0.05, 0) is 29.7 Å². The molecule has 0 atom stereocenters. The zero-order chi connectivity index (χ0) is 12.8. The van der Waals surface area contributed by atoms with E-state index in [1.165, 1.54) is 5.56 Å². The van der Waals surface area contributed by atoms with Crippen molar-refractivity contribution in [2.75, 3.05) is 7.11 Å². The third-order valence-corrected chi connectivity index (χ3v) is 2.71. The highest BCUT2D eigenvalue weighted by atomic mass is 16.5. The van der Waals surface area contributed by atoms with Crippen molar-refractivity contribution >= 4 is 6.08 Å². The molecule has 0 fully saturated rings. The lowest BCUT2D eigenvalue weighted by atomic mass is 10.1. The molecule has 2 nitrogen and oxygen atoms in total. The summed E-state index contributed by atoms with van der Waals surface area (Å²) in [6, 6.07) is 15.6. The van der Waals surface area contributed by atoms with Crippen molar-refractivity contribution in [2.24, 2.45) is 0 Å². The fraction of sp³-hybridized carbons (Fsp3) is 0.125. The summed E-state index contributed by atoms with van der Waals surface area (Å²) in [5, 5.41) is 9.49. The number of rotatable bonds is 4. The van der Waals surface area contributed by atoms with Gasteiger partial charge >= 0.3 is 0 Å². The first-order valence-electron chi connectivity index (χ1n) is 5.87. The Balaban J connectivity index is 2.05. The van der Waals surface area contributed by atoms with Crippen molar-refractivity contribution in [3.8, 4) is 11.5 Å². The fourth-order valence-corrected chi connectivity index (χ4v) is 1.74. The Kier molecular flexibility index (Phi) is 4.02. The number of ether oxygens (including phenoxy) is 1. The maximum atomic E-state index is 9.49. The second kappa shape index (κ2) is 5.92. The lowest BCUT2D eigenvalue weighted by Crippen LogP contribution is -1.84. The summed E-state index contributed by atoms with van der Waals surface area (Å²) in [6.07, 6.45) is 5.01. The summed E-state index contributed by atoms with van der Waals surface area (Å²) in [5.74, 6) is 0.662. The molecule has 0 spiro atoms. The SMILES string of the molecule is COc1cc(/C=C/Cc2ccccc2)ccc1O. The van der Waals surface area contributed by atoms with Gasteiger partial charge < -0.3 is 9.84 Å². The molecule has 0 saturated carbocycles. The van der Waals surface area contributed by atoms with E-state index in [2.05, 4.69) is 18.2 Å². The third-order valence-electron chi connectivity index (χ3n) is 2.71. The topological polar surface area (TPSA) is 29.5 Å². The van der Waals surface area contributed by atoms with Gasteiger partial charge in [-0.25, -0.2) is 0 Å². The van der Waals surface area contributed by atoms with Crippen molar-refractivity contribution in [1.29, 1.82) is 0 Å². The fourth-order valence-electron chi connectivity index (χ4n) is 1.74. The minimum Gasteiger partial charge on any atom is -0.504 e. The molecule has 92 valence electrons. The van der Waals surface area contributed by atoms with Crippen LogP contribution >= 0.6 is 0 Å². The minimum absolute atomic E-state index is 0.165. The van der Waals surface area contributed by atoms with Gasteiger partial charge in [-0.2, -0.15) is 0 Å². The van der Waals surface area contributed by atoms with E-state index in [4.69, 9.17) is 4.74 Å². The molecular formula is C16H16O2. The van der Waals surface area contributed by atoms with Crippen LogP contribution in [0, 0.1) is 0 Å². The number of methoxy groups -OCH3 is 1. The van der Waals surface area contributed by atoms with E-state index >= 15 is 0 Å².